The summed E-state index contributed by atoms with van der Waals surface area (Å²) < 4.78 is 2.08. The summed E-state index contributed by atoms with van der Waals surface area (Å²) in [5, 5.41) is 0. The number of rotatable bonds is 7. The van der Waals surface area contributed by atoms with E-state index in [0.717, 1.165) is 30.8 Å². The Morgan fingerprint density at radius 1 is 1.25 bits per heavy atom. The molecule has 0 aliphatic heterocycles. The summed E-state index contributed by atoms with van der Waals surface area (Å²) in [5.74, 6) is 1.11. The van der Waals surface area contributed by atoms with Gasteiger partial charge in [-0.25, -0.2) is 4.98 Å². The molecule has 1 atom stereocenters. The first-order valence-electron chi connectivity index (χ1n) is 7.33. The molecule has 3 nitrogen and oxygen atoms in total. The highest BCUT2D eigenvalue weighted by atomic mass is 16.1. The van der Waals surface area contributed by atoms with Crippen molar-refractivity contribution in [2.75, 3.05) is 0 Å². The number of aryl methyl sites for hydroxylation is 1. The monoisotopic (exact) mass is 270 g/mol. The standard InChI is InChI=1S/C17H22N2O/c1-3-11-19-12-10-18-17(19)13-16(20)15(4-2)14-8-6-5-7-9-14/h5-10,12,15H,3-4,11,13H2,1-2H3. The fourth-order valence-corrected chi connectivity index (χ4v) is 2.57. The molecule has 1 aromatic heterocycles. The predicted octanol–water partition coefficient (Wildman–Crippen LogP) is 3.60. The highest BCUT2D eigenvalue weighted by Crippen LogP contribution is 2.21. The molecule has 2 aromatic rings. The van der Waals surface area contributed by atoms with Crippen LogP contribution >= 0.6 is 0 Å². The van der Waals surface area contributed by atoms with E-state index in [1.54, 1.807) is 6.20 Å². The van der Waals surface area contributed by atoms with Gasteiger partial charge >= 0.3 is 0 Å². The van der Waals surface area contributed by atoms with Crippen molar-refractivity contribution in [1.29, 1.82) is 0 Å². The molecule has 0 amide bonds. The molecule has 0 saturated heterocycles. The Hall–Kier alpha value is -1.90. The molecule has 0 N–H and O–H groups in total. The molecule has 0 aliphatic carbocycles. The van der Waals surface area contributed by atoms with Crippen molar-refractivity contribution in [3.05, 3.63) is 54.1 Å². The molecule has 0 saturated carbocycles. The normalized spacial score (nSPS) is 12.3. The van der Waals surface area contributed by atoms with Gasteiger partial charge in [0.05, 0.1) is 6.42 Å². The average Bonchev–Trinajstić information content (AvgIpc) is 2.88. The first-order chi connectivity index (χ1) is 9.76. The summed E-state index contributed by atoms with van der Waals surface area (Å²) in [6.45, 7) is 5.11. The van der Waals surface area contributed by atoms with Crippen molar-refractivity contribution in [1.82, 2.24) is 9.55 Å². The van der Waals surface area contributed by atoms with Gasteiger partial charge in [0.1, 0.15) is 11.6 Å². The van der Waals surface area contributed by atoms with Crippen LogP contribution < -0.4 is 0 Å². The van der Waals surface area contributed by atoms with Crippen LogP contribution in [0, 0.1) is 0 Å². The van der Waals surface area contributed by atoms with Crippen molar-refractivity contribution in [3.63, 3.8) is 0 Å². The summed E-state index contributed by atoms with van der Waals surface area (Å²) in [5.41, 5.74) is 1.11. The second-order valence-electron chi connectivity index (χ2n) is 5.05. The fraction of sp³-hybridized carbons (Fsp3) is 0.412. The lowest BCUT2D eigenvalue weighted by atomic mass is 9.90. The lowest BCUT2D eigenvalue weighted by Gasteiger charge is -2.14. The minimum Gasteiger partial charge on any atom is -0.335 e. The van der Waals surface area contributed by atoms with E-state index < -0.39 is 0 Å². The minimum absolute atomic E-state index is 0.0250. The van der Waals surface area contributed by atoms with Gasteiger partial charge in [-0.15, -0.1) is 0 Å². The lowest BCUT2D eigenvalue weighted by Crippen LogP contribution is -2.17. The molecule has 1 aromatic carbocycles. The van der Waals surface area contributed by atoms with Crippen LogP contribution in [0.1, 0.15) is 44.0 Å². The molecule has 0 radical (unpaired) electrons. The van der Waals surface area contributed by atoms with Crippen LogP contribution in [-0.2, 0) is 17.8 Å². The summed E-state index contributed by atoms with van der Waals surface area (Å²) in [4.78, 5) is 16.9. The van der Waals surface area contributed by atoms with Gasteiger partial charge < -0.3 is 4.57 Å². The van der Waals surface area contributed by atoms with Crippen LogP contribution in [0.15, 0.2) is 42.7 Å². The van der Waals surface area contributed by atoms with Crippen molar-refractivity contribution in [2.45, 2.75) is 45.6 Å². The van der Waals surface area contributed by atoms with E-state index in [2.05, 4.69) is 23.4 Å². The summed E-state index contributed by atoms with van der Waals surface area (Å²) in [7, 11) is 0. The number of ketones is 1. The fourth-order valence-electron chi connectivity index (χ4n) is 2.57. The van der Waals surface area contributed by atoms with Crippen LogP contribution in [0.5, 0.6) is 0 Å². The van der Waals surface area contributed by atoms with Gasteiger partial charge in [0.2, 0.25) is 0 Å². The molecule has 0 bridgehead atoms. The minimum atomic E-state index is -0.0250. The topological polar surface area (TPSA) is 34.9 Å². The number of nitrogens with zero attached hydrogens (tertiary/aromatic N) is 2. The smallest absolute Gasteiger partial charge is 0.147 e. The van der Waals surface area contributed by atoms with Crippen LogP contribution in [0.3, 0.4) is 0 Å². The third-order valence-electron chi connectivity index (χ3n) is 3.60. The SMILES string of the molecule is CCCn1ccnc1CC(=O)C(CC)c1ccccc1. The number of imidazole rings is 1. The number of carbonyl (C=O) groups excluding carboxylic acids is 1. The molecule has 2 rings (SSSR count). The second kappa shape index (κ2) is 7.04. The first-order valence-corrected chi connectivity index (χ1v) is 7.33. The maximum absolute atomic E-state index is 12.5. The first kappa shape index (κ1) is 14.5. The number of hydrogen-bond acceptors (Lipinski definition) is 2. The Balaban J connectivity index is 2.12. The van der Waals surface area contributed by atoms with E-state index in [-0.39, 0.29) is 11.7 Å². The Kier molecular flexibility index (Phi) is 5.10. The average molecular weight is 270 g/mol. The number of benzene rings is 1. The van der Waals surface area contributed by atoms with E-state index in [1.165, 1.54) is 0 Å². The third kappa shape index (κ3) is 3.35. The predicted molar refractivity (Wildman–Crippen MR) is 80.7 cm³/mol. The molecule has 20 heavy (non-hydrogen) atoms. The zero-order chi connectivity index (χ0) is 14.4. The largest absolute Gasteiger partial charge is 0.335 e. The summed E-state index contributed by atoms with van der Waals surface area (Å²) in [6, 6.07) is 10.0. The quantitative estimate of drug-likeness (QED) is 0.770. The van der Waals surface area contributed by atoms with E-state index >= 15 is 0 Å². The molecule has 106 valence electrons. The maximum atomic E-state index is 12.5. The Labute approximate surface area is 120 Å². The van der Waals surface area contributed by atoms with Gasteiger partial charge in [-0.2, -0.15) is 0 Å². The molecular weight excluding hydrogens is 248 g/mol. The zero-order valence-corrected chi connectivity index (χ0v) is 12.2. The van der Waals surface area contributed by atoms with E-state index in [0.29, 0.717) is 6.42 Å². The molecule has 3 heteroatoms. The van der Waals surface area contributed by atoms with E-state index in [9.17, 15) is 4.79 Å². The van der Waals surface area contributed by atoms with E-state index in [4.69, 9.17) is 0 Å². The highest BCUT2D eigenvalue weighted by molar-refractivity contribution is 5.87. The molecule has 1 unspecified atom stereocenters. The number of Topliss-reactive ketones (excluding diaryl/α,β-unsaturated/α-hetero) is 1. The number of hydrogen-bond donors (Lipinski definition) is 0. The van der Waals surface area contributed by atoms with Gasteiger partial charge in [-0.3, -0.25) is 4.79 Å². The van der Waals surface area contributed by atoms with Gasteiger partial charge in [-0.1, -0.05) is 44.2 Å². The van der Waals surface area contributed by atoms with Crippen LogP contribution in [0.2, 0.25) is 0 Å². The third-order valence-corrected chi connectivity index (χ3v) is 3.60. The van der Waals surface area contributed by atoms with Crippen LogP contribution in [0.25, 0.3) is 0 Å². The van der Waals surface area contributed by atoms with Gasteiger partial charge in [0.15, 0.2) is 0 Å². The van der Waals surface area contributed by atoms with Gasteiger partial charge in [-0.05, 0) is 18.4 Å². The van der Waals surface area contributed by atoms with Crippen molar-refractivity contribution in [2.24, 2.45) is 0 Å². The Bertz CT molecular complexity index is 545. The molecule has 1 heterocycles. The Morgan fingerprint density at radius 2 is 2.00 bits per heavy atom. The second-order valence-corrected chi connectivity index (χ2v) is 5.05. The van der Waals surface area contributed by atoms with Crippen molar-refractivity contribution in [3.8, 4) is 0 Å². The zero-order valence-electron chi connectivity index (χ0n) is 12.2. The number of carbonyl (C=O) groups is 1. The molecular formula is C17H22N2O. The van der Waals surface area contributed by atoms with Gasteiger partial charge in [0, 0.05) is 24.9 Å². The molecule has 0 fully saturated rings. The van der Waals surface area contributed by atoms with Crippen LogP contribution in [0.4, 0.5) is 0 Å². The van der Waals surface area contributed by atoms with Crippen molar-refractivity contribution < 1.29 is 4.79 Å². The molecule has 0 aliphatic rings. The summed E-state index contributed by atoms with van der Waals surface area (Å²) >= 11 is 0. The highest BCUT2D eigenvalue weighted by Gasteiger charge is 2.20. The van der Waals surface area contributed by atoms with Crippen molar-refractivity contribution >= 4 is 5.78 Å². The van der Waals surface area contributed by atoms with Gasteiger partial charge in [0.25, 0.3) is 0 Å². The Morgan fingerprint density at radius 3 is 2.65 bits per heavy atom. The maximum Gasteiger partial charge on any atom is 0.147 e. The molecule has 0 spiro atoms. The summed E-state index contributed by atoms with van der Waals surface area (Å²) in [6.07, 6.45) is 6.03. The lowest BCUT2D eigenvalue weighted by molar-refractivity contribution is -0.120. The van der Waals surface area contributed by atoms with Crippen LogP contribution in [-0.4, -0.2) is 15.3 Å². The number of aromatic nitrogens is 2. The van der Waals surface area contributed by atoms with E-state index in [1.807, 2.05) is 36.5 Å².